The summed E-state index contributed by atoms with van der Waals surface area (Å²) in [6, 6.07) is 1.38. The Morgan fingerprint density at radius 1 is 1.61 bits per heavy atom. The van der Waals surface area contributed by atoms with Crippen molar-refractivity contribution in [1.29, 1.82) is 0 Å². The first-order chi connectivity index (χ1) is 8.43. The molecule has 1 aromatic carbocycles. The van der Waals surface area contributed by atoms with E-state index in [-0.39, 0.29) is 17.9 Å². The fourth-order valence-electron chi connectivity index (χ4n) is 1.49. The molecule has 4 nitrogen and oxygen atoms in total. The van der Waals surface area contributed by atoms with E-state index in [1.54, 1.807) is 13.8 Å². The van der Waals surface area contributed by atoms with Crippen LogP contribution in [0.2, 0.25) is 0 Å². The van der Waals surface area contributed by atoms with Gasteiger partial charge in [-0.2, -0.15) is 0 Å². The van der Waals surface area contributed by atoms with Gasteiger partial charge in [-0.25, -0.2) is 9.18 Å². The fraction of sp³-hybridized carbons (Fsp3) is 0.417. The van der Waals surface area contributed by atoms with Crippen molar-refractivity contribution >= 4 is 21.9 Å². The normalized spacial score (nSPS) is 12.1. The zero-order valence-electron chi connectivity index (χ0n) is 10.3. The number of hydrogen-bond acceptors (Lipinski definition) is 4. The summed E-state index contributed by atoms with van der Waals surface area (Å²) in [5.41, 5.74) is 0.484. The predicted octanol–water partition coefficient (Wildman–Crippen LogP) is 2.50. The summed E-state index contributed by atoms with van der Waals surface area (Å²) in [6.07, 6.45) is -1.66. The zero-order chi connectivity index (χ0) is 13.9. The Morgan fingerprint density at radius 2 is 2.22 bits per heavy atom. The number of rotatable bonds is 4. The number of ether oxygens (including phenoxy) is 2. The van der Waals surface area contributed by atoms with Crippen LogP contribution in [0.4, 0.5) is 4.39 Å². The number of carbonyl (C=O) groups is 1. The van der Waals surface area contributed by atoms with E-state index in [4.69, 9.17) is 4.74 Å². The molecular formula is C12H14BrFO4. The Hall–Kier alpha value is -1.14. The molecule has 1 atom stereocenters. The lowest BCUT2D eigenvalue weighted by Crippen LogP contribution is -2.17. The van der Waals surface area contributed by atoms with Crippen molar-refractivity contribution in [1.82, 2.24) is 0 Å². The summed E-state index contributed by atoms with van der Waals surface area (Å²) in [5, 5.41) is 9.75. The Bertz CT molecular complexity index is 462. The molecule has 18 heavy (non-hydrogen) atoms. The molecular weight excluding hydrogens is 307 g/mol. The summed E-state index contributed by atoms with van der Waals surface area (Å²) in [5.74, 6) is -1.72. The minimum Gasteiger partial charge on any atom is -0.492 e. The predicted molar refractivity (Wildman–Crippen MR) is 67.0 cm³/mol. The van der Waals surface area contributed by atoms with E-state index in [9.17, 15) is 14.3 Å². The third-order valence-electron chi connectivity index (χ3n) is 2.38. The number of carbonyl (C=O) groups excluding carboxylic acids is 1. The maximum Gasteiger partial charge on any atom is 0.339 e. The molecule has 0 bridgehead atoms. The van der Waals surface area contributed by atoms with Crippen LogP contribution >= 0.6 is 15.9 Å². The van der Waals surface area contributed by atoms with Crippen LogP contribution in [0.25, 0.3) is 0 Å². The number of aliphatic hydroxyl groups excluding tert-OH is 1. The van der Waals surface area contributed by atoms with E-state index < -0.39 is 17.9 Å². The van der Waals surface area contributed by atoms with Crippen LogP contribution in [-0.4, -0.2) is 24.8 Å². The van der Waals surface area contributed by atoms with Gasteiger partial charge in [0.2, 0.25) is 0 Å². The van der Waals surface area contributed by atoms with E-state index in [0.717, 1.165) is 0 Å². The molecule has 0 aliphatic rings. The maximum absolute atomic E-state index is 14.0. The summed E-state index contributed by atoms with van der Waals surface area (Å²) in [7, 11) is 1.31. The Kier molecular flexibility index (Phi) is 5.10. The number of halogens is 2. The van der Waals surface area contributed by atoms with Crippen LogP contribution in [0.5, 0.6) is 5.75 Å². The molecule has 0 aromatic heterocycles. The molecule has 1 rings (SSSR count). The van der Waals surface area contributed by atoms with Crippen molar-refractivity contribution in [2.24, 2.45) is 0 Å². The summed E-state index contributed by atoms with van der Waals surface area (Å²) in [6.45, 7) is 3.42. The van der Waals surface area contributed by atoms with Crippen LogP contribution in [0.3, 0.4) is 0 Å². The van der Waals surface area contributed by atoms with Gasteiger partial charge in [0.25, 0.3) is 0 Å². The minimum absolute atomic E-state index is 0.0478. The van der Waals surface area contributed by atoms with Gasteiger partial charge in [0.15, 0.2) is 17.7 Å². The van der Waals surface area contributed by atoms with Gasteiger partial charge in [0.05, 0.1) is 18.2 Å². The fourth-order valence-corrected chi connectivity index (χ4v) is 1.94. The van der Waals surface area contributed by atoms with Crippen LogP contribution in [-0.2, 0) is 9.53 Å². The minimum atomic E-state index is -1.66. The second-order valence-electron chi connectivity index (χ2n) is 3.60. The largest absolute Gasteiger partial charge is 0.492 e. The van der Waals surface area contributed by atoms with Crippen molar-refractivity contribution in [2.75, 3.05) is 13.7 Å². The van der Waals surface area contributed by atoms with E-state index in [2.05, 4.69) is 20.7 Å². The van der Waals surface area contributed by atoms with Gasteiger partial charge in [0, 0.05) is 5.56 Å². The van der Waals surface area contributed by atoms with E-state index >= 15 is 0 Å². The lowest BCUT2D eigenvalue weighted by atomic mass is 10.0. The lowest BCUT2D eigenvalue weighted by Gasteiger charge is -2.15. The summed E-state index contributed by atoms with van der Waals surface area (Å²) in [4.78, 5) is 11.4. The van der Waals surface area contributed by atoms with Crippen LogP contribution in [0.1, 0.15) is 24.2 Å². The summed E-state index contributed by atoms with van der Waals surface area (Å²) < 4.78 is 24.0. The number of methoxy groups -OCH3 is 1. The Balaban J connectivity index is 3.25. The first-order valence-corrected chi connectivity index (χ1v) is 6.10. The molecule has 100 valence electrons. The third-order valence-corrected chi connectivity index (χ3v) is 3.36. The second kappa shape index (κ2) is 6.15. The smallest absolute Gasteiger partial charge is 0.339 e. The second-order valence-corrected chi connectivity index (χ2v) is 4.39. The molecule has 0 spiro atoms. The Labute approximate surface area is 113 Å². The average Bonchev–Trinajstić information content (AvgIpc) is 2.34. The molecule has 0 amide bonds. The SMILES string of the molecule is CCOC(=O)C(O)c1cc(C)c(Br)c(OC)c1F. The number of esters is 1. The van der Waals surface area contributed by atoms with E-state index in [1.165, 1.54) is 13.2 Å². The van der Waals surface area contributed by atoms with Crippen molar-refractivity contribution in [3.8, 4) is 5.75 Å². The monoisotopic (exact) mass is 320 g/mol. The molecule has 1 aromatic rings. The van der Waals surface area contributed by atoms with Crippen LogP contribution in [0.15, 0.2) is 10.5 Å². The van der Waals surface area contributed by atoms with Gasteiger partial charge in [-0.15, -0.1) is 0 Å². The zero-order valence-corrected chi connectivity index (χ0v) is 11.9. The number of aryl methyl sites for hydroxylation is 1. The number of hydrogen-bond donors (Lipinski definition) is 1. The third kappa shape index (κ3) is 2.81. The molecule has 1 unspecified atom stereocenters. The van der Waals surface area contributed by atoms with Crippen LogP contribution in [0, 0.1) is 12.7 Å². The molecule has 0 heterocycles. The molecule has 0 saturated heterocycles. The van der Waals surface area contributed by atoms with E-state index in [0.29, 0.717) is 10.0 Å². The number of aliphatic hydroxyl groups is 1. The van der Waals surface area contributed by atoms with Gasteiger partial charge < -0.3 is 14.6 Å². The van der Waals surface area contributed by atoms with Gasteiger partial charge in [0.1, 0.15) is 0 Å². The van der Waals surface area contributed by atoms with Gasteiger partial charge in [-0.3, -0.25) is 0 Å². The number of benzene rings is 1. The first-order valence-electron chi connectivity index (χ1n) is 5.31. The highest BCUT2D eigenvalue weighted by atomic mass is 79.9. The molecule has 0 fully saturated rings. The maximum atomic E-state index is 14.0. The van der Waals surface area contributed by atoms with Gasteiger partial charge in [-0.1, -0.05) is 0 Å². The summed E-state index contributed by atoms with van der Waals surface area (Å²) >= 11 is 3.18. The van der Waals surface area contributed by atoms with Crippen molar-refractivity contribution in [2.45, 2.75) is 20.0 Å². The standard InChI is InChI=1S/C12H14BrFO4/c1-4-18-12(16)10(15)7-5-6(2)8(13)11(17-3)9(7)14/h5,10,15H,4H2,1-3H3. The molecule has 0 radical (unpaired) electrons. The lowest BCUT2D eigenvalue weighted by molar-refractivity contribution is -0.153. The molecule has 0 saturated carbocycles. The van der Waals surface area contributed by atoms with Gasteiger partial charge >= 0.3 is 5.97 Å². The highest BCUT2D eigenvalue weighted by molar-refractivity contribution is 9.10. The molecule has 6 heteroatoms. The Morgan fingerprint density at radius 3 is 2.72 bits per heavy atom. The highest BCUT2D eigenvalue weighted by Gasteiger charge is 2.26. The molecule has 1 N–H and O–H groups in total. The van der Waals surface area contributed by atoms with E-state index in [1.807, 2.05) is 0 Å². The molecule has 0 aliphatic heterocycles. The van der Waals surface area contributed by atoms with Crippen molar-refractivity contribution in [3.63, 3.8) is 0 Å². The van der Waals surface area contributed by atoms with Crippen molar-refractivity contribution < 1.29 is 23.8 Å². The first kappa shape index (κ1) is 14.9. The topological polar surface area (TPSA) is 55.8 Å². The average molecular weight is 321 g/mol. The quantitative estimate of drug-likeness (QED) is 0.866. The highest BCUT2D eigenvalue weighted by Crippen LogP contribution is 2.35. The molecule has 0 aliphatic carbocycles. The van der Waals surface area contributed by atoms with Gasteiger partial charge in [-0.05, 0) is 41.4 Å². The van der Waals surface area contributed by atoms with Crippen LogP contribution < -0.4 is 4.74 Å². The van der Waals surface area contributed by atoms with Crippen molar-refractivity contribution in [3.05, 3.63) is 27.5 Å².